The first-order valence-electron chi connectivity index (χ1n) is 9.64. The number of carbonyl (C=O) groups excluding carboxylic acids is 3. The molecule has 6 nitrogen and oxygen atoms in total. The number of nitrogens with zero attached hydrogens (tertiary/aromatic N) is 2. The van der Waals surface area contributed by atoms with Crippen LogP contribution in [-0.2, 0) is 19.8 Å². The Morgan fingerprint density at radius 1 is 1.15 bits per heavy atom. The zero-order chi connectivity index (χ0) is 18.9. The molecule has 27 heavy (non-hydrogen) atoms. The lowest BCUT2D eigenvalue weighted by atomic mass is 9.73. The molecule has 3 saturated heterocycles. The van der Waals surface area contributed by atoms with Crippen molar-refractivity contribution in [3.63, 3.8) is 0 Å². The fraction of sp³-hybridized carbons (Fsp3) is 0.476. The summed E-state index contributed by atoms with van der Waals surface area (Å²) in [7, 11) is 0. The first-order valence-corrected chi connectivity index (χ1v) is 9.64. The van der Waals surface area contributed by atoms with Crippen molar-refractivity contribution in [2.45, 2.75) is 56.7 Å². The Bertz CT molecular complexity index is 904. The minimum Gasteiger partial charge on any atom is -0.329 e. The van der Waals surface area contributed by atoms with Crippen molar-refractivity contribution in [3.05, 3.63) is 41.5 Å². The number of nitrogens with one attached hydrogen (secondary N) is 1. The van der Waals surface area contributed by atoms with Gasteiger partial charge in [0.15, 0.2) is 0 Å². The van der Waals surface area contributed by atoms with Crippen LogP contribution in [0.4, 0.5) is 5.69 Å². The number of allylic oxidation sites excluding steroid dienone is 1. The maximum Gasteiger partial charge on any atom is 0.246 e. The number of hydrogen-bond donors (Lipinski definition) is 1. The van der Waals surface area contributed by atoms with E-state index in [9.17, 15) is 14.4 Å². The van der Waals surface area contributed by atoms with E-state index < -0.39 is 17.5 Å². The summed E-state index contributed by atoms with van der Waals surface area (Å²) in [5, 5.41) is 2.99. The molecule has 1 N–H and O–H groups in total. The lowest BCUT2D eigenvalue weighted by molar-refractivity contribution is -0.158. The van der Waals surface area contributed by atoms with Crippen LogP contribution >= 0.6 is 0 Å². The molecule has 4 heterocycles. The smallest absolute Gasteiger partial charge is 0.246 e. The summed E-state index contributed by atoms with van der Waals surface area (Å²) in [5.41, 5.74) is 1.82. The highest BCUT2D eigenvalue weighted by Crippen LogP contribution is 2.52. The molecule has 4 aliphatic rings. The number of amides is 3. The fourth-order valence-corrected chi connectivity index (χ4v) is 5.47. The minimum atomic E-state index is -0.899. The molecule has 0 unspecified atom stereocenters. The summed E-state index contributed by atoms with van der Waals surface area (Å²) in [6.07, 6.45) is 3.92. The van der Waals surface area contributed by atoms with E-state index in [1.807, 2.05) is 44.2 Å². The lowest BCUT2D eigenvalue weighted by Crippen LogP contribution is -2.62. The van der Waals surface area contributed by atoms with Crippen molar-refractivity contribution < 1.29 is 14.4 Å². The van der Waals surface area contributed by atoms with E-state index in [0.29, 0.717) is 19.4 Å². The Morgan fingerprint density at radius 2 is 1.93 bits per heavy atom. The van der Waals surface area contributed by atoms with E-state index in [-0.39, 0.29) is 23.8 Å². The molecule has 6 heteroatoms. The number of benzene rings is 1. The van der Waals surface area contributed by atoms with Gasteiger partial charge in [0.25, 0.3) is 0 Å². The topological polar surface area (TPSA) is 69.7 Å². The average Bonchev–Trinajstić information content (AvgIpc) is 3.31. The summed E-state index contributed by atoms with van der Waals surface area (Å²) in [6, 6.07) is 6.29. The van der Waals surface area contributed by atoms with Gasteiger partial charge < -0.3 is 15.1 Å². The number of carbonyl (C=O) groups is 3. The quantitative estimate of drug-likeness (QED) is 0.772. The van der Waals surface area contributed by atoms with Crippen molar-refractivity contribution in [3.8, 4) is 0 Å². The fourth-order valence-electron chi connectivity index (χ4n) is 5.47. The summed E-state index contributed by atoms with van der Waals surface area (Å²) in [5.74, 6) is -0.117. The monoisotopic (exact) mass is 365 g/mol. The second-order valence-corrected chi connectivity index (χ2v) is 8.32. The van der Waals surface area contributed by atoms with Gasteiger partial charge in [0.05, 0.1) is 6.04 Å². The Kier molecular flexibility index (Phi) is 3.33. The average molecular weight is 365 g/mol. The third kappa shape index (κ3) is 1.98. The van der Waals surface area contributed by atoms with Crippen LogP contribution in [0.25, 0.3) is 0 Å². The summed E-state index contributed by atoms with van der Waals surface area (Å²) in [6.45, 7) is 4.58. The van der Waals surface area contributed by atoms with Crippen LogP contribution in [-0.4, -0.2) is 52.2 Å². The Labute approximate surface area is 158 Å². The van der Waals surface area contributed by atoms with Crippen molar-refractivity contribution in [1.82, 2.24) is 9.80 Å². The largest absolute Gasteiger partial charge is 0.329 e. The van der Waals surface area contributed by atoms with E-state index in [4.69, 9.17) is 0 Å². The van der Waals surface area contributed by atoms with Crippen molar-refractivity contribution in [2.24, 2.45) is 0 Å². The molecular formula is C21H23N3O3. The van der Waals surface area contributed by atoms with Gasteiger partial charge in [-0.25, -0.2) is 0 Å². The second kappa shape index (κ2) is 5.44. The molecule has 0 saturated carbocycles. The van der Waals surface area contributed by atoms with Gasteiger partial charge in [-0.3, -0.25) is 14.4 Å². The van der Waals surface area contributed by atoms with Crippen LogP contribution in [0.15, 0.2) is 35.9 Å². The van der Waals surface area contributed by atoms with E-state index >= 15 is 0 Å². The number of hydrogen-bond acceptors (Lipinski definition) is 3. The predicted molar refractivity (Wildman–Crippen MR) is 100.0 cm³/mol. The van der Waals surface area contributed by atoms with E-state index in [1.54, 1.807) is 9.80 Å². The summed E-state index contributed by atoms with van der Waals surface area (Å²) in [4.78, 5) is 43.3. The molecule has 3 fully saturated rings. The normalized spacial score (nSPS) is 33.9. The van der Waals surface area contributed by atoms with Crippen LogP contribution in [0.3, 0.4) is 0 Å². The van der Waals surface area contributed by atoms with Gasteiger partial charge in [-0.1, -0.05) is 29.8 Å². The summed E-state index contributed by atoms with van der Waals surface area (Å²) >= 11 is 0. The van der Waals surface area contributed by atoms with Crippen molar-refractivity contribution >= 4 is 23.4 Å². The zero-order valence-electron chi connectivity index (χ0n) is 15.6. The second-order valence-electron chi connectivity index (χ2n) is 8.32. The molecule has 1 aromatic rings. The molecule has 0 aliphatic carbocycles. The molecule has 5 rings (SSSR count). The van der Waals surface area contributed by atoms with Crippen LogP contribution in [0.2, 0.25) is 0 Å². The molecule has 1 aromatic carbocycles. The van der Waals surface area contributed by atoms with E-state index in [1.165, 1.54) is 0 Å². The van der Waals surface area contributed by atoms with Gasteiger partial charge in [0, 0.05) is 12.2 Å². The lowest BCUT2D eigenvalue weighted by Gasteiger charge is -2.41. The summed E-state index contributed by atoms with van der Waals surface area (Å²) < 4.78 is 0. The first kappa shape index (κ1) is 16.5. The molecule has 4 atom stereocenters. The molecule has 0 aromatic heterocycles. The van der Waals surface area contributed by atoms with Gasteiger partial charge in [-0.15, -0.1) is 0 Å². The van der Waals surface area contributed by atoms with Crippen LogP contribution < -0.4 is 5.32 Å². The van der Waals surface area contributed by atoms with Gasteiger partial charge in [-0.05, 0) is 44.7 Å². The highest BCUT2D eigenvalue weighted by atomic mass is 16.2. The van der Waals surface area contributed by atoms with Gasteiger partial charge in [0.1, 0.15) is 17.5 Å². The predicted octanol–water partition coefficient (Wildman–Crippen LogP) is 1.82. The van der Waals surface area contributed by atoms with E-state index in [2.05, 4.69) is 5.32 Å². The Balaban J connectivity index is 1.71. The number of fused-ring (bicyclic) bond motifs is 4. The third-order valence-electron chi connectivity index (χ3n) is 6.57. The first-order chi connectivity index (χ1) is 12.9. The highest BCUT2D eigenvalue weighted by Gasteiger charge is 2.66. The van der Waals surface area contributed by atoms with Gasteiger partial charge >= 0.3 is 0 Å². The SMILES string of the molecule is CC(C)=C[C@@H]1N2C(=O)[C@@H]3CCCN3C(=O)[C@@H]2C[C@]12C(=O)Nc1ccccc12. The minimum absolute atomic E-state index is 0.00156. The Morgan fingerprint density at radius 3 is 2.70 bits per heavy atom. The van der Waals surface area contributed by atoms with Gasteiger partial charge in [-0.2, -0.15) is 0 Å². The van der Waals surface area contributed by atoms with Crippen LogP contribution in [0, 0.1) is 0 Å². The molecule has 3 amide bonds. The van der Waals surface area contributed by atoms with Gasteiger partial charge in [0.2, 0.25) is 17.7 Å². The standard InChI is InChI=1S/C21H23N3O3/c1-12(2)10-17-21(13-6-3-4-7-14(13)22-20(21)27)11-16-18(25)23-9-5-8-15(23)19(26)24(16)17/h3-4,6-7,10,15-17H,5,8-9,11H2,1-2H3,(H,22,27)/t15-,16-,17-,21+/m0/s1. The Hall–Kier alpha value is -2.63. The molecule has 0 bridgehead atoms. The maximum atomic E-state index is 13.4. The van der Waals surface area contributed by atoms with Crippen molar-refractivity contribution in [1.29, 1.82) is 0 Å². The van der Waals surface area contributed by atoms with E-state index in [0.717, 1.165) is 23.2 Å². The molecule has 140 valence electrons. The number of rotatable bonds is 1. The molecule has 4 aliphatic heterocycles. The zero-order valence-corrected chi connectivity index (χ0v) is 15.6. The van der Waals surface area contributed by atoms with Crippen molar-refractivity contribution in [2.75, 3.05) is 11.9 Å². The molecular weight excluding hydrogens is 342 g/mol. The third-order valence-corrected chi connectivity index (χ3v) is 6.57. The number of anilines is 1. The molecule has 1 spiro atoms. The number of piperazine rings is 1. The van der Waals surface area contributed by atoms with Crippen LogP contribution in [0.1, 0.15) is 38.7 Å². The highest BCUT2D eigenvalue weighted by molar-refractivity contribution is 6.10. The maximum absolute atomic E-state index is 13.4. The molecule has 0 radical (unpaired) electrons. The van der Waals surface area contributed by atoms with Crippen LogP contribution in [0.5, 0.6) is 0 Å². The number of para-hydroxylation sites is 1.